The molecule has 11 heteroatoms. The van der Waals surface area contributed by atoms with Crippen LogP contribution in [-0.2, 0) is 10.4 Å². The second kappa shape index (κ2) is 9.47. The van der Waals surface area contributed by atoms with Crippen molar-refractivity contribution in [3.05, 3.63) is 71.9 Å². The highest BCUT2D eigenvalue weighted by molar-refractivity contribution is 5.72. The predicted molar refractivity (Wildman–Crippen MR) is 145 cm³/mol. The van der Waals surface area contributed by atoms with Crippen LogP contribution >= 0.6 is 0 Å². The van der Waals surface area contributed by atoms with E-state index in [0.29, 0.717) is 35.9 Å². The molecule has 3 aliphatic rings. The lowest BCUT2D eigenvalue weighted by Crippen LogP contribution is -2.45. The molecule has 2 bridgehead atoms. The van der Waals surface area contributed by atoms with Gasteiger partial charge in [-0.15, -0.1) is 0 Å². The smallest absolute Gasteiger partial charge is 0.387 e. The van der Waals surface area contributed by atoms with E-state index in [4.69, 9.17) is 9.72 Å². The molecule has 41 heavy (non-hydrogen) atoms. The summed E-state index contributed by atoms with van der Waals surface area (Å²) in [5.41, 5.74) is 2.80. The van der Waals surface area contributed by atoms with Gasteiger partial charge in [-0.3, -0.25) is 4.79 Å². The zero-order valence-corrected chi connectivity index (χ0v) is 22.3. The topological polar surface area (TPSA) is 113 Å². The molecule has 2 N–H and O–H groups in total. The molecule has 2 fully saturated rings. The Balaban J connectivity index is 1.22. The fourth-order valence-corrected chi connectivity index (χ4v) is 7.21. The molecule has 4 aromatic rings. The number of rotatable bonds is 6. The minimum atomic E-state index is -2.96. The number of fused-ring (bicyclic) bond motifs is 5. The number of imidazole rings is 1. The number of carbonyl (C=O) groups is 1. The van der Waals surface area contributed by atoms with Gasteiger partial charge in [-0.05, 0) is 56.2 Å². The van der Waals surface area contributed by atoms with E-state index >= 15 is 0 Å². The number of hydrogen-bond donors (Lipinski definition) is 2. The maximum Gasteiger partial charge on any atom is 0.387 e. The van der Waals surface area contributed by atoms with Crippen molar-refractivity contribution in [3.63, 3.8) is 0 Å². The number of anilines is 1. The van der Waals surface area contributed by atoms with Gasteiger partial charge in [-0.1, -0.05) is 18.2 Å². The normalized spacial score (nSPS) is 27.0. The molecule has 3 aromatic heterocycles. The van der Waals surface area contributed by atoms with Crippen molar-refractivity contribution < 1.29 is 28.5 Å². The van der Waals surface area contributed by atoms with E-state index in [0.717, 1.165) is 29.7 Å². The molecule has 1 aliphatic heterocycles. The minimum Gasteiger partial charge on any atom is -0.481 e. The number of aliphatic hydroxyl groups is 1. The van der Waals surface area contributed by atoms with Crippen molar-refractivity contribution in [2.75, 3.05) is 18.0 Å². The number of para-hydroxylation sites is 1. The molecule has 9 nitrogen and oxygen atoms in total. The van der Waals surface area contributed by atoms with Crippen LogP contribution in [0.3, 0.4) is 0 Å². The SMILES string of the molecule is CC1(O)C[C@H](c2ccccc2OC(F)F)c2c1nc1ccc(-c3cnc(N4C[C@H]5CC[C@@H](C4)C5C(=O)O)nc3)cn21. The summed E-state index contributed by atoms with van der Waals surface area (Å²) in [6, 6.07) is 10.4. The van der Waals surface area contributed by atoms with E-state index in [-0.39, 0.29) is 29.9 Å². The monoisotopic (exact) mass is 561 g/mol. The van der Waals surface area contributed by atoms with Crippen LogP contribution in [0.25, 0.3) is 16.8 Å². The number of carboxylic acid groups (broad SMARTS) is 1. The van der Waals surface area contributed by atoms with Gasteiger partial charge in [-0.2, -0.15) is 8.78 Å². The quantitative estimate of drug-likeness (QED) is 0.349. The first-order valence-corrected chi connectivity index (χ1v) is 13.8. The first kappa shape index (κ1) is 25.8. The van der Waals surface area contributed by atoms with Crippen LogP contribution < -0.4 is 9.64 Å². The van der Waals surface area contributed by atoms with Gasteiger partial charge in [0.05, 0.1) is 17.3 Å². The number of alkyl halides is 2. The van der Waals surface area contributed by atoms with Gasteiger partial charge < -0.3 is 24.3 Å². The molecule has 1 aromatic carbocycles. The molecule has 1 saturated heterocycles. The van der Waals surface area contributed by atoms with E-state index in [2.05, 4.69) is 14.9 Å². The van der Waals surface area contributed by atoms with E-state index in [1.165, 1.54) is 6.07 Å². The summed E-state index contributed by atoms with van der Waals surface area (Å²) in [6.45, 7) is -0.00271. The molecular weight excluding hydrogens is 532 g/mol. The Morgan fingerprint density at radius 2 is 1.78 bits per heavy atom. The van der Waals surface area contributed by atoms with E-state index in [1.54, 1.807) is 37.5 Å². The first-order valence-electron chi connectivity index (χ1n) is 13.8. The second-order valence-electron chi connectivity index (χ2n) is 11.6. The number of nitrogens with zero attached hydrogens (tertiary/aromatic N) is 5. The van der Waals surface area contributed by atoms with Gasteiger partial charge in [0.25, 0.3) is 0 Å². The van der Waals surface area contributed by atoms with Gasteiger partial charge in [0.15, 0.2) is 0 Å². The number of halogens is 2. The zero-order valence-electron chi connectivity index (χ0n) is 22.3. The molecule has 0 radical (unpaired) electrons. The Labute approximate surface area is 234 Å². The van der Waals surface area contributed by atoms with Crippen LogP contribution in [0.2, 0.25) is 0 Å². The van der Waals surface area contributed by atoms with Gasteiger partial charge in [0, 0.05) is 54.3 Å². The summed E-state index contributed by atoms with van der Waals surface area (Å²) in [4.78, 5) is 27.7. The zero-order chi connectivity index (χ0) is 28.5. The Hall–Kier alpha value is -4.12. The number of benzene rings is 1. The summed E-state index contributed by atoms with van der Waals surface area (Å²) in [6.07, 6.45) is 7.52. The maximum atomic E-state index is 13.2. The number of pyridine rings is 1. The highest BCUT2D eigenvalue weighted by atomic mass is 19.3. The Bertz CT molecular complexity index is 1630. The average molecular weight is 562 g/mol. The minimum absolute atomic E-state index is 0.0760. The average Bonchev–Trinajstić information content (AvgIpc) is 3.55. The maximum absolute atomic E-state index is 13.2. The van der Waals surface area contributed by atoms with Crippen molar-refractivity contribution in [3.8, 4) is 16.9 Å². The van der Waals surface area contributed by atoms with Gasteiger partial charge in [0.2, 0.25) is 5.95 Å². The van der Waals surface area contributed by atoms with Crippen molar-refractivity contribution in [1.29, 1.82) is 0 Å². The van der Waals surface area contributed by atoms with Crippen LogP contribution in [0.15, 0.2) is 55.0 Å². The third-order valence-corrected chi connectivity index (χ3v) is 8.98. The number of carboxylic acids is 1. The Morgan fingerprint density at radius 3 is 2.46 bits per heavy atom. The number of hydrogen-bond acceptors (Lipinski definition) is 7. The van der Waals surface area contributed by atoms with E-state index < -0.39 is 24.1 Å². The fourth-order valence-electron chi connectivity index (χ4n) is 7.21. The summed E-state index contributed by atoms with van der Waals surface area (Å²) in [5.74, 6) is -0.514. The molecule has 212 valence electrons. The number of ether oxygens (including phenoxy) is 1. The molecule has 2 unspecified atom stereocenters. The van der Waals surface area contributed by atoms with Gasteiger partial charge in [-0.25, -0.2) is 15.0 Å². The molecule has 0 spiro atoms. The summed E-state index contributed by atoms with van der Waals surface area (Å²) < 4.78 is 33.1. The number of aromatic nitrogens is 4. The van der Waals surface area contributed by atoms with Crippen LogP contribution in [0.4, 0.5) is 14.7 Å². The van der Waals surface area contributed by atoms with Crippen molar-refractivity contribution >= 4 is 17.6 Å². The standard InChI is InChI=1S/C30H29F2N5O4/c1-30(40)10-21(20-4-2-3-5-22(20)41-28(31)32)25-26(30)35-23-9-8-16(15-37(23)25)19-11-33-29(34-12-19)36-13-17-6-7-18(14-36)24(17)27(38)39/h2-5,8-9,11-12,15,17-18,21,24,28,40H,6-7,10,13-14H2,1H3,(H,38,39)/t17-,18+,21-,24?,30?/m1/s1. The van der Waals surface area contributed by atoms with Crippen molar-refractivity contribution in [1.82, 2.24) is 19.4 Å². The third-order valence-electron chi connectivity index (χ3n) is 8.98. The lowest BCUT2D eigenvalue weighted by molar-refractivity contribution is -0.144. The largest absolute Gasteiger partial charge is 0.481 e. The van der Waals surface area contributed by atoms with Crippen molar-refractivity contribution in [2.45, 2.75) is 44.3 Å². The first-order chi connectivity index (χ1) is 19.7. The highest BCUT2D eigenvalue weighted by Crippen LogP contribution is 2.50. The third kappa shape index (κ3) is 4.30. The summed E-state index contributed by atoms with van der Waals surface area (Å²) >= 11 is 0. The van der Waals surface area contributed by atoms with Crippen LogP contribution in [-0.4, -0.2) is 55.2 Å². The predicted octanol–water partition coefficient (Wildman–Crippen LogP) is 4.68. The fraction of sp³-hybridized carbons (Fsp3) is 0.400. The highest BCUT2D eigenvalue weighted by Gasteiger charge is 2.47. The molecule has 5 atom stereocenters. The summed E-state index contributed by atoms with van der Waals surface area (Å²) in [5, 5.41) is 20.9. The molecule has 7 rings (SSSR count). The summed E-state index contributed by atoms with van der Waals surface area (Å²) in [7, 11) is 0. The molecule has 1 saturated carbocycles. The molecule has 2 aliphatic carbocycles. The van der Waals surface area contributed by atoms with Crippen LogP contribution in [0.1, 0.15) is 49.1 Å². The van der Waals surface area contributed by atoms with Gasteiger partial charge in [0.1, 0.15) is 17.0 Å². The lowest BCUT2D eigenvalue weighted by Gasteiger charge is -2.35. The number of piperidine rings is 1. The van der Waals surface area contributed by atoms with Crippen molar-refractivity contribution in [2.24, 2.45) is 17.8 Å². The number of aliphatic carboxylic acids is 1. The second-order valence-corrected chi connectivity index (χ2v) is 11.6. The molecular formula is C30H29F2N5O4. The van der Waals surface area contributed by atoms with E-state index in [1.807, 2.05) is 22.7 Å². The van der Waals surface area contributed by atoms with Gasteiger partial charge >= 0.3 is 12.6 Å². The Kier molecular flexibility index (Phi) is 5.97. The van der Waals surface area contributed by atoms with E-state index in [9.17, 15) is 23.8 Å². The molecule has 0 amide bonds. The Morgan fingerprint density at radius 1 is 1.07 bits per heavy atom. The molecule has 4 heterocycles. The van der Waals surface area contributed by atoms with Crippen LogP contribution in [0, 0.1) is 17.8 Å². The lowest BCUT2D eigenvalue weighted by atomic mass is 9.85. The van der Waals surface area contributed by atoms with Crippen LogP contribution in [0.5, 0.6) is 5.75 Å².